The number of benzene rings is 1. The zero-order valence-electron chi connectivity index (χ0n) is 14.2. The molecule has 0 N–H and O–H groups in total. The van der Waals surface area contributed by atoms with Gasteiger partial charge in [0.25, 0.3) is 0 Å². The molecule has 1 aromatic heterocycles. The number of amides is 1. The number of ether oxygens (including phenoxy) is 2. The predicted octanol–water partition coefficient (Wildman–Crippen LogP) is 3.63. The minimum atomic E-state index is 0.137. The zero-order valence-corrected chi connectivity index (χ0v) is 14.2. The highest BCUT2D eigenvalue weighted by atomic mass is 16.7. The van der Waals surface area contributed by atoms with Gasteiger partial charge in [0, 0.05) is 13.0 Å². The number of carbonyl (C=O) groups is 1. The Morgan fingerprint density at radius 1 is 1.21 bits per heavy atom. The van der Waals surface area contributed by atoms with Gasteiger partial charge < -0.3 is 18.8 Å². The van der Waals surface area contributed by atoms with E-state index in [2.05, 4.69) is 13.8 Å². The second kappa shape index (κ2) is 7.43. The standard InChI is InChI=1S/C19H23NO4/c1-14(2)11-20(12-16-4-3-9-22-16)19(21)8-6-15-5-7-17-18(10-15)24-13-23-17/h3-5,7,9-10,14H,6,8,11-13H2,1-2H3. The van der Waals surface area contributed by atoms with Crippen molar-refractivity contribution in [3.05, 3.63) is 47.9 Å². The Morgan fingerprint density at radius 2 is 2.04 bits per heavy atom. The van der Waals surface area contributed by atoms with Crippen LogP contribution in [0.15, 0.2) is 41.0 Å². The molecular weight excluding hydrogens is 306 g/mol. The molecule has 2 heterocycles. The second-order valence-corrected chi connectivity index (χ2v) is 6.44. The van der Waals surface area contributed by atoms with Crippen molar-refractivity contribution < 1.29 is 18.7 Å². The molecule has 1 aromatic carbocycles. The molecule has 0 atom stereocenters. The predicted molar refractivity (Wildman–Crippen MR) is 89.8 cm³/mol. The minimum Gasteiger partial charge on any atom is -0.467 e. The minimum absolute atomic E-state index is 0.137. The van der Waals surface area contributed by atoms with Crippen LogP contribution in [0.25, 0.3) is 0 Å². The van der Waals surface area contributed by atoms with E-state index in [4.69, 9.17) is 13.9 Å². The highest BCUT2D eigenvalue weighted by Gasteiger charge is 2.18. The van der Waals surface area contributed by atoms with Gasteiger partial charge in [-0.3, -0.25) is 4.79 Å². The second-order valence-electron chi connectivity index (χ2n) is 6.44. The van der Waals surface area contributed by atoms with E-state index in [1.165, 1.54) is 0 Å². The highest BCUT2D eigenvalue weighted by Crippen LogP contribution is 2.32. The van der Waals surface area contributed by atoms with Crippen molar-refractivity contribution in [1.82, 2.24) is 4.90 Å². The zero-order chi connectivity index (χ0) is 16.9. The third-order valence-corrected chi connectivity index (χ3v) is 3.93. The first kappa shape index (κ1) is 16.4. The van der Waals surface area contributed by atoms with E-state index in [1.807, 2.05) is 35.2 Å². The lowest BCUT2D eigenvalue weighted by Gasteiger charge is -2.23. The van der Waals surface area contributed by atoms with Crippen molar-refractivity contribution in [2.45, 2.75) is 33.2 Å². The van der Waals surface area contributed by atoms with E-state index in [1.54, 1.807) is 6.26 Å². The molecule has 0 saturated heterocycles. The fourth-order valence-corrected chi connectivity index (χ4v) is 2.79. The maximum Gasteiger partial charge on any atom is 0.231 e. The van der Waals surface area contributed by atoms with Crippen molar-refractivity contribution in [3.63, 3.8) is 0 Å². The van der Waals surface area contributed by atoms with Crippen LogP contribution in [0.4, 0.5) is 0 Å². The number of hydrogen-bond donors (Lipinski definition) is 0. The Balaban J connectivity index is 1.60. The molecule has 128 valence electrons. The molecule has 5 heteroatoms. The van der Waals surface area contributed by atoms with Gasteiger partial charge in [0.2, 0.25) is 12.7 Å². The number of aryl methyl sites for hydroxylation is 1. The lowest BCUT2D eigenvalue weighted by atomic mass is 10.1. The summed E-state index contributed by atoms with van der Waals surface area (Å²) in [4.78, 5) is 14.5. The summed E-state index contributed by atoms with van der Waals surface area (Å²) in [7, 11) is 0. The van der Waals surface area contributed by atoms with E-state index in [9.17, 15) is 4.79 Å². The first-order valence-corrected chi connectivity index (χ1v) is 8.30. The lowest BCUT2D eigenvalue weighted by molar-refractivity contribution is -0.132. The van der Waals surface area contributed by atoms with Gasteiger partial charge >= 0.3 is 0 Å². The Bertz CT molecular complexity index is 679. The highest BCUT2D eigenvalue weighted by molar-refractivity contribution is 5.76. The maximum atomic E-state index is 12.6. The third kappa shape index (κ3) is 4.10. The molecule has 24 heavy (non-hydrogen) atoms. The van der Waals surface area contributed by atoms with Gasteiger partial charge in [-0.15, -0.1) is 0 Å². The van der Waals surface area contributed by atoms with Gasteiger partial charge in [-0.2, -0.15) is 0 Å². The first-order valence-electron chi connectivity index (χ1n) is 8.30. The fraction of sp³-hybridized carbons (Fsp3) is 0.421. The van der Waals surface area contributed by atoms with Gasteiger partial charge in [0.1, 0.15) is 5.76 Å². The molecule has 0 fully saturated rings. The van der Waals surface area contributed by atoms with Crippen molar-refractivity contribution in [3.8, 4) is 11.5 Å². The molecule has 5 nitrogen and oxygen atoms in total. The molecule has 0 spiro atoms. The topological polar surface area (TPSA) is 51.9 Å². The Morgan fingerprint density at radius 3 is 2.79 bits per heavy atom. The van der Waals surface area contributed by atoms with Crippen LogP contribution in [0, 0.1) is 5.92 Å². The van der Waals surface area contributed by atoms with Crippen LogP contribution in [0.3, 0.4) is 0 Å². The summed E-state index contributed by atoms with van der Waals surface area (Å²) in [5.41, 5.74) is 1.08. The molecular formula is C19H23NO4. The third-order valence-electron chi connectivity index (χ3n) is 3.93. The lowest BCUT2D eigenvalue weighted by Crippen LogP contribution is -2.33. The molecule has 0 aliphatic carbocycles. The molecule has 0 saturated carbocycles. The van der Waals surface area contributed by atoms with Crippen LogP contribution in [0.2, 0.25) is 0 Å². The van der Waals surface area contributed by atoms with Crippen LogP contribution in [-0.2, 0) is 17.8 Å². The molecule has 0 unspecified atom stereocenters. The van der Waals surface area contributed by atoms with Gasteiger partial charge in [-0.1, -0.05) is 19.9 Å². The quantitative estimate of drug-likeness (QED) is 0.778. The van der Waals surface area contributed by atoms with Crippen LogP contribution in [0.5, 0.6) is 11.5 Å². The van der Waals surface area contributed by atoms with Gasteiger partial charge in [-0.25, -0.2) is 0 Å². The van der Waals surface area contributed by atoms with Crippen LogP contribution in [-0.4, -0.2) is 24.1 Å². The van der Waals surface area contributed by atoms with Crippen molar-refractivity contribution in [2.24, 2.45) is 5.92 Å². The number of fused-ring (bicyclic) bond motifs is 1. The van der Waals surface area contributed by atoms with Crippen molar-refractivity contribution >= 4 is 5.91 Å². The summed E-state index contributed by atoms with van der Waals surface area (Å²) in [5, 5.41) is 0. The molecule has 1 aliphatic heterocycles. The molecule has 2 aromatic rings. The van der Waals surface area contributed by atoms with Gasteiger partial charge in [0.05, 0.1) is 12.8 Å². The first-order chi connectivity index (χ1) is 11.6. The smallest absolute Gasteiger partial charge is 0.231 e. The molecule has 3 rings (SSSR count). The summed E-state index contributed by atoms with van der Waals surface area (Å²) < 4.78 is 16.1. The van der Waals surface area contributed by atoms with E-state index in [0.29, 0.717) is 25.3 Å². The van der Waals surface area contributed by atoms with Gasteiger partial charge in [0.15, 0.2) is 11.5 Å². The summed E-state index contributed by atoms with van der Waals surface area (Å²) in [6, 6.07) is 9.59. The Kier molecular flexibility index (Phi) is 5.08. The normalized spacial score (nSPS) is 12.6. The SMILES string of the molecule is CC(C)CN(Cc1ccco1)C(=O)CCc1ccc2c(c1)OCO2. The van der Waals surface area contributed by atoms with E-state index in [0.717, 1.165) is 29.4 Å². The fourth-order valence-electron chi connectivity index (χ4n) is 2.79. The van der Waals surface area contributed by atoms with Crippen molar-refractivity contribution in [2.75, 3.05) is 13.3 Å². The number of carbonyl (C=O) groups excluding carboxylic acids is 1. The summed E-state index contributed by atoms with van der Waals surface area (Å²) in [6.07, 6.45) is 2.79. The summed E-state index contributed by atoms with van der Waals surface area (Å²) in [6.45, 7) is 5.73. The number of furan rings is 1. The van der Waals surface area contributed by atoms with Crippen molar-refractivity contribution in [1.29, 1.82) is 0 Å². The Labute approximate surface area is 142 Å². The number of rotatable bonds is 7. The molecule has 1 amide bonds. The monoisotopic (exact) mass is 329 g/mol. The van der Waals surface area contributed by atoms with E-state index >= 15 is 0 Å². The average Bonchev–Trinajstić information content (AvgIpc) is 3.22. The summed E-state index contributed by atoms with van der Waals surface area (Å²) in [5.74, 6) is 2.89. The molecule has 0 radical (unpaired) electrons. The van der Waals surface area contributed by atoms with Crippen LogP contribution >= 0.6 is 0 Å². The van der Waals surface area contributed by atoms with Gasteiger partial charge in [-0.05, 0) is 42.2 Å². The largest absolute Gasteiger partial charge is 0.467 e. The molecule has 1 aliphatic rings. The average molecular weight is 329 g/mol. The Hall–Kier alpha value is -2.43. The molecule has 0 bridgehead atoms. The summed E-state index contributed by atoms with van der Waals surface area (Å²) >= 11 is 0. The van der Waals surface area contributed by atoms with Crippen LogP contribution < -0.4 is 9.47 Å². The van der Waals surface area contributed by atoms with Crippen LogP contribution in [0.1, 0.15) is 31.6 Å². The van der Waals surface area contributed by atoms with E-state index < -0.39 is 0 Å². The van der Waals surface area contributed by atoms with E-state index in [-0.39, 0.29) is 12.7 Å². The number of hydrogen-bond acceptors (Lipinski definition) is 4. The maximum absolute atomic E-state index is 12.6. The number of nitrogens with zero attached hydrogens (tertiary/aromatic N) is 1.